The zero-order valence-electron chi connectivity index (χ0n) is 14.2. The number of phenolic OH excluding ortho intramolecular Hbond substituents is 1. The second kappa shape index (κ2) is 8.00. The Morgan fingerprint density at radius 3 is 2.63 bits per heavy atom. The van der Waals surface area contributed by atoms with Gasteiger partial charge >= 0.3 is 12.0 Å². The molecule has 0 aliphatic carbocycles. The standard InChI is InChI=1S/C18H15N3O6/c1-25-12-7-8-13(14(22)9-12)17(24)26-10-15(23)19-18-21-20-16(27-18)11-5-3-2-4-6-11/h2-9,22H,10H2,1H3,(H,19,21,23). The van der Waals surface area contributed by atoms with Crippen molar-refractivity contribution in [2.75, 3.05) is 19.0 Å². The van der Waals surface area contributed by atoms with Crippen molar-refractivity contribution in [2.45, 2.75) is 0 Å². The maximum atomic E-state index is 12.0. The zero-order chi connectivity index (χ0) is 19.2. The minimum absolute atomic E-state index is 0.0900. The van der Waals surface area contributed by atoms with Gasteiger partial charge in [0, 0.05) is 11.6 Å². The summed E-state index contributed by atoms with van der Waals surface area (Å²) in [6, 6.07) is 13.0. The van der Waals surface area contributed by atoms with E-state index in [1.54, 1.807) is 12.1 Å². The molecule has 1 aromatic heterocycles. The van der Waals surface area contributed by atoms with E-state index in [1.165, 1.54) is 25.3 Å². The van der Waals surface area contributed by atoms with Gasteiger partial charge in [-0.3, -0.25) is 10.1 Å². The number of ether oxygens (including phenoxy) is 2. The summed E-state index contributed by atoms with van der Waals surface area (Å²) in [4.78, 5) is 23.8. The average molecular weight is 369 g/mol. The van der Waals surface area contributed by atoms with Crippen molar-refractivity contribution >= 4 is 17.9 Å². The van der Waals surface area contributed by atoms with Gasteiger partial charge in [-0.25, -0.2) is 4.79 Å². The number of esters is 1. The molecule has 2 N–H and O–H groups in total. The summed E-state index contributed by atoms with van der Waals surface area (Å²) in [6.07, 6.45) is 0. The van der Waals surface area contributed by atoms with Crippen LogP contribution in [0.2, 0.25) is 0 Å². The number of rotatable bonds is 6. The number of aromatic nitrogens is 2. The number of hydrogen-bond donors (Lipinski definition) is 2. The Kier molecular flexibility index (Phi) is 5.31. The van der Waals surface area contributed by atoms with E-state index >= 15 is 0 Å². The lowest BCUT2D eigenvalue weighted by molar-refractivity contribution is -0.119. The molecule has 3 rings (SSSR count). The highest BCUT2D eigenvalue weighted by atomic mass is 16.5. The third-order valence-electron chi connectivity index (χ3n) is 3.45. The first kappa shape index (κ1) is 17.9. The van der Waals surface area contributed by atoms with E-state index < -0.39 is 18.5 Å². The van der Waals surface area contributed by atoms with Crippen LogP contribution in [0.3, 0.4) is 0 Å². The van der Waals surface area contributed by atoms with Gasteiger partial charge in [-0.1, -0.05) is 23.3 Å². The molecule has 0 aliphatic rings. The Labute approximate surface area is 153 Å². The molecule has 0 aliphatic heterocycles. The van der Waals surface area contributed by atoms with E-state index in [1.807, 2.05) is 18.2 Å². The largest absolute Gasteiger partial charge is 0.507 e. The minimum atomic E-state index is -0.860. The molecule has 0 bridgehead atoms. The molecule has 0 radical (unpaired) electrons. The van der Waals surface area contributed by atoms with Gasteiger partial charge in [-0.2, -0.15) is 0 Å². The molecule has 1 amide bonds. The van der Waals surface area contributed by atoms with Crippen LogP contribution < -0.4 is 10.1 Å². The number of anilines is 1. The molecule has 0 fully saturated rings. The molecule has 3 aromatic rings. The molecule has 0 saturated heterocycles. The predicted octanol–water partition coefficient (Wildman–Crippen LogP) is 2.25. The Balaban J connectivity index is 1.55. The maximum Gasteiger partial charge on any atom is 0.342 e. The zero-order valence-corrected chi connectivity index (χ0v) is 14.2. The van der Waals surface area contributed by atoms with E-state index in [0.29, 0.717) is 11.3 Å². The summed E-state index contributed by atoms with van der Waals surface area (Å²) in [5.41, 5.74) is 0.611. The van der Waals surface area contributed by atoms with Gasteiger partial charge in [0.1, 0.15) is 17.1 Å². The Hall–Kier alpha value is -3.88. The molecule has 138 valence electrons. The van der Waals surface area contributed by atoms with Crippen LogP contribution in [0.5, 0.6) is 11.5 Å². The summed E-state index contributed by atoms with van der Waals surface area (Å²) < 4.78 is 15.1. The van der Waals surface area contributed by atoms with E-state index in [2.05, 4.69) is 15.5 Å². The van der Waals surface area contributed by atoms with Crippen molar-refractivity contribution in [2.24, 2.45) is 0 Å². The molecular formula is C18H15N3O6. The number of carbonyl (C=O) groups is 2. The molecular weight excluding hydrogens is 354 g/mol. The molecule has 27 heavy (non-hydrogen) atoms. The van der Waals surface area contributed by atoms with E-state index in [9.17, 15) is 14.7 Å². The fraction of sp³-hybridized carbons (Fsp3) is 0.111. The third-order valence-corrected chi connectivity index (χ3v) is 3.45. The summed E-state index contributed by atoms with van der Waals surface area (Å²) in [6.45, 7) is -0.590. The third kappa shape index (κ3) is 4.40. The van der Waals surface area contributed by atoms with Crippen LogP contribution in [0.25, 0.3) is 11.5 Å². The van der Waals surface area contributed by atoms with Crippen molar-refractivity contribution in [3.8, 4) is 23.0 Å². The Morgan fingerprint density at radius 2 is 1.93 bits per heavy atom. The highest BCUT2D eigenvalue weighted by Crippen LogP contribution is 2.24. The van der Waals surface area contributed by atoms with Crippen molar-refractivity contribution in [1.82, 2.24) is 10.2 Å². The Bertz CT molecular complexity index is 955. The lowest BCUT2D eigenvalue weighted by Crippen LogP contribution is -2.21. The van der Waals surface area contributed by atoms with Gasteiger partial charge in [0.25, 0.3) is 5.91 Å². The van der Waals surface area contributed by atoms with Gasteiger partial charge in [-0.05, 0) is 24.3 Å². The van der Waals surface area contributed by atoms with Crippen molar-refractivity contribution < 1.29 is 28.6 Å². The van der Waals surface area contributed by atoms with E-state index in [4.69, 9.17) is 13.9 Å². The average Bonchev–Trinajstić information content (AvgIpc) is 3.15. The Morgan fingerprint density at radius 1 is 1.15 bits per heavy atom. The number of hydrogen-bond acceptors (Lipinski definition) is 8. The number of amides is 1. The number of benzene rings is 2. The van der Waals surface area contributed by atoms with Gasteiger partial charge in [0.15, 0.2) is 6.61 Å². The van der Waals surface area contributed by atoms with Crippen molar-refractivity contribution in [3.63, 3.8) is 0 Å². The normalized spacial score (nSPS) is 10.3. The molecule has 0 spiro atoms. The minimum Gasteiger partial charge on any atom is -0.507 e. The quantitative estimate of drug-likeness (QED) is 0.634. The van der Waals surface area contributed by atoms with Gasteiger partial charge in [0.2, 0.25) is 5.89 Å². The number of methoxy groups -OCH3 is 1. The molecule has 9 heteroatoms. The van der Waals surface area contributed by atoms with Crippen LogP contribution >= 0.6 is 0 Å². The number of aromatic hydroxyl groups is 1. The number of nitrogens with zero attached hydrogens (tertiary/aromatic N) is 2. The van der Waals surface area contributed by atoms with E-state index in [0.717, 1.165) is 0 Å². The summed E-state index contributed by atoms with van der Waals surface area (Å²) in [5, 5.41) is 19.7. The van der Waals surface area contributed by atoms with Crippen LogP contribution in [0.4, 0.5) is 6.01 Å². The van der Waals surface area contributed by atoms with Crippen LogP contribution in [-0.4, -0.2) is 40.9 Å². The molecule has 0 unspecified atom stereocenters. The summed E-state index contributed by atoms with van der Waals surface area (Å²) >= 11 is 0. The number of carbonyl (C=O) groups excluding carboxylic acids is 2. The fourth-order valence-electron chi connectivity index (χ4n) is 2.15. The highest BCUT2D eigenvalue weighted by Gasteiger charge is 2.16. The van der Waals surface area contributed by atoms with Crippen LogP contribution in [0, 0.1) is 0 Å². The van der Waals surface area contributed by atoms with Crippen LogP contribution in [0.15, 0.2) is 52.9 Å². The lowest BCUT2D eigenvalue weighted by atomic mass is 10.2. The predicted molar refractivity (Wildman–Crippen MR) is 93.3 cm³/mol. The number of phenols is 1. The smallest absolute Gasteiger partial charge is 0.342 e. The topological polar surface area (TPSA) is 124 Å². The molecule has 0 saturated carbocycles. The maximum absolute atomic E-state index is 12.0. The molecule has 2 aromatic carbocycles. The number of nitrogens with one attached hydrogen (secondary N) is 1. The van der Waals surface area contributed by atoms with E-state index in [-0.39, 0.29) is 23.2 Å². The van der Waals surface area contributed by atoms with Crippen molar-refractivity contribution in [3.05, 3.63) is 54.1 Å². The first-order valence-electron chi connectivity index (χ1n) is 7.79. The fourth-order valence-corrected chi connectivity index (χ4v) is 2.15. The first-order chi connectivity index (χ1) is 13.1. The summed E-state index contributed by atoms with van der Waals surface area (Å²) in [5.74, 6) is -1.22. The second-order valence-electron chi connectivity index (χ2n) is 5.29. The van der Waals surface area contributed by atoms with Gasteiger partial charge in [0.05, 0.1) is 7.11 Å². The lowest BCUT2D eigenvalue weighted by Gasteiger charge is -2.07. The van der Waals surface area contributed by atoms with Crippen LogP contribution in [-0.2, 0) is 9.53 Å². The highest BCUT2D eigenvalue weighted by molar-refractivity contribution is 5.96. The molecule has 1 heterocycles. The van der Waals surface area contributed by atoms with Crippen molar-refractivity contribution in [1.29, 1.82) is 0 Å². The monoisotopic (exact) mass is 369 g/mol. The van der Waals surface area contributed by atoms with Gasteiger partial charge in [-0.15, -0.1) is 5.10 Å². The van der Waals surface area contributed by atoms with Gasteiger partial charge < -0.3 is 19.0 Å². The molecule has 0 atom stereocenters. The first-order valence-corrected chi connectivity index (χ1v) is 7.79. The van der Waals surface area contributed by atoms with Crippen LogP contribution in [0.1, 0.15) is 10.4 Å². The SMILES string of the molecule is COc1ccc(C(=O)OCC(=O)Nc2nnc(-c3ccccc3)o2)c(O)c1. The second-order valence-corrected chi connectivity index (χ2v) is 5.29. The molecule has 9 nitrogen and oxygen atoms in total. The summed E-state index contributed by atoms with van der Waals surface area (Å²) in [7, 11) is 1.43.